The molecule has 0 aliphatic rings. The molecule has 0 heterocycles. The lowest BCUT2D eigenvalue weighted by atomic mass is 10.1. The molecule has 0 aromatic heterocycles. The number of hydrogen-bond acceptors (Lipinski definition) is 4. The van der Waals surface area contributed by atoms with Gasteiger partial charge in [-0.25, -0.2) is 0 Å². The maximum absolute atomic E-state index is 10.5. The van der Waals surface area contributed by atoms with Crippen LogP contribution in [0.15, 0.2) is 53.5 Å². The molecule has 0 saturated heterocycles. The quantitative estimate of drug-likeness (QED) is 0.248. The maximum atomic E-state index is 10.5. The van der Waals surface area contributed by atoms with Gasteiger partial charge in [0.2, 0.25) is 0 Å². The number of aliphatic hydroxyl groups is 1. The van der Waals surface area contributed by atoms with Crippen molar-refractivity contribution in [3.05, 3.63) is 59.7 Å². The number of nitrogens with one attached hydrogen (secondary N) is 2. The van der Waals surface area contributed by atoms with E-state index >= 15 is 0 Å². The molecule has 166 valence electrons. The van der Waals surface area contributed by atoms with Crippen LogP contribution in [-0.2, 0) is 6.42 Å². The highest BCUT2D eigenvalue weighted by molar-refractivity contribution is 14.0. The van der Waals surface area contributed by atoms with Crippen LogP contribution in [0.25, 0.3) is 0 Å². The fourth-order valence-electron chi connectivity index (χ4n) is 2.82. The Balaban J connectivity index is 0.00000450. The van der Waals surface area contributed by atoms with E-state index in [9.17, 15) is 5.11 Å². The number of aliphatic imine (C=N–C) groups is 1. The summed E-state index contributed by atoms with van der Waals surface area (Å²) in [5.74, 6) is 2.34. The number of guanidine groups is 1. The second-order valence-electron chi connectivity index (χ2n) is 7.00. The van der Waals surface area contributed by atoms with Gasteiger partial charge < -0.3 is 25.2 Å². The van der Waals surface area contributed by atoms with E-state index in [0.29, 0.717) is 5.96 Å². The summed E-state index contributed by atoms with van der Waals surface area (Å²) in [5, 5.41) is 17.0. The summed E-state index contributed by atoms with van der Waals surface area (Å²) in [7, 11) is 1.67. The van der Waals surface area contributed by atoms with Crippen LogP contribution in [0, 0.1) is 0 Å². The monoisotopic (exact) mass is 527 g/mol. The van der Waals surface area contributed by atoms with E-state index < -0.39 is 6.10 Å². The molecule has 0 bridgehead atoms. The van der Waals surface area contributed by atoms with Crippen molar-refractivity contribution in [2.24, 2.45) is 4.99 Å². The molecule has 0 fully saturated rings. The average molecular weight is 527 g/mol. The molecule has 2 aromatic carbocycles. The highest BCUT2D eigenvalue weighted by Crippen LogP contribution is 2.19. The molecule has 30 heavy (non-hydrogen) atoms. The van der Waals surface area contributed by atoms with Crippen molar-refractivity contribution >= 4 is 29.9 Å². The number of nitrogens with zero attached hydrogens (tertiary/aromatic N) is 1. The molecule has 0 spiro atoms. The minimum absolute atomic E-state index is 0. The molecule has 0 aliphatic heterocycles. The van der Waals surface area contributed by atoms with Crippen molar-refractivity contribution < 1.29 is 14.6 Å². The van der Waals surface area contributed by atoms with Crippen LogP contribution >= 0.6 is 24.0 Å². The van der Waals surface area contributed by atoms with E-state index in [1.807, 2.05) is 63.2 Å². The number of benzene rings is 2. The summed E-state index contributed by atoms with van der Waals surface area (Å²) in [6.45, 7) is 7.75. The third-order valence-corrected chi connectivity index (χ3v) is 4.24. The highest BCUT2D eigenvalue weighted by atomic mass is 127. The largest absolute Gasteiger partial charge is 0.497 e. The Labute approximate surface area is 197 Å². The molecule has 0 amide bonds. The highest BCUT2D eigenvalue weighted by Gasteiger charge is 2.08. The number of halogens is 1. The van der Waals surface area contributed by atoms with Crippen molar-refractivity contribution in [3.63, 3.8) is 0 Å². The predicted octanol–water partition coefficient (Wildman–Crippen LogP) is 3.93. The van der Waals surface area contributed by atoms with Gasteiger partial charge in [0, 0.05) is 13.1 Å². The standard InChI is InChI=1S/C23H33N3O3.HI/c1-5-24-23(25-14-13-18-7-6-8-21(15-18)28-4)26-16-22(27)19-9-11-20(12-10-19)29-17(2)3;/h6-12,15,17,22,27H,5,13-14,16H2,1-4H3,(H2,24,25,26);1H. The lowest BCUT2D eigenvalue weighted by molar-refractivity contribution is 0.186. The van der Waals surface area contributed by atoms with Crippen molar-refractivity contribution in [1.29, 1.82) is 0 Å². The smallest absolute Gasteiger partial charge is 0.191 e. The van der Waals surface area contributed by atoms with E-state index in [-0.39, 0.29) is 36.6 Å². The number of methoxy groups -OCH3 is 1. The predicted molar refractivity (Wildman–Crippen MR) is 133 cm³/mol. The molecule has 0 aliphatic carbocycles. The first-order chi connectivity index (χ1) is 14.0. The zero-order chi connectivity index (χ0) is 21.1. The Morgan fingerprint density at radius 2 is 1.80 bits per heavy atom. The van der Waals surface area contributed by atoms with Gasteiger partial charge in [0.25, 0.3) is 0 Å². The maximum Gasteiger partial charge on any atom is 0.191 e. The zero-order valence-corrected chi connectivity index (χ0v) is 20.6. The molecule has 7 heteroatoms. The summed E-state index contributed by atoms with van der Waals surface area (Å²) >= 11 is 0. The third kappa shape index (κ3) is 9.21. The van der Waals surface area contributed by atoms with Crippen LogP contribution in [-0.4, -0.2) is 43.9 Å². The van der Waals surface area contributed by atoms with Gasteiger partial charge in [-0.15, -0.1) is 24.0 Å². The molecule has 0 saturated carbocycles. The SMILES string of the molecule is CCNC(=NCC(O)c1ccc(OC(C)C)cc1)NCCc1cccc(OC)c1.I. The number of rotatable bonds is 10. The summed E-state index contributed by atoms with van der Waals surface area (Å²) in [6, 6.07) is 15.5. The fourth-order valence-corrected chi connectivity index (χ4v) is 2.82. The van der Waals surface area contributed by atoms with Gasteiger partial charge in [0.05, 0.1) is 25.9 Å². The fraction of sp³-hybridized carbons (Fsp3) is 0.435. The first-order valence-corrected chi connectivity index (χ1v) is 10.1. The van der Waals surface area contributed by atoms with Crippen LogP contribution < -0.4 is 20.1 Å². The Morgan fingerprint density at radius 3 is 2.43 bits per heavy atom. The first kappa shape index (κ1) is 26.0. The summed E-state index contributed by atoms with van der Waals surface area (Å²) < 4.78 is 10.9. The lowest BCUT2D eigenvalue weighted by Gasteiger charge is -2.14. The van der Waals surface area contributed by atoms with Crippen LogP contribution in [0.3, 0.4) is 0 Å². The van der Waals surface area contributed by atoms with Crippen LogP contribution in [0.2, 0.25) is 0 Å². The molecule has 1 unspecified atom stereocenters. The van der Waals surface area contributed by atoms with Gasteiger partial charge in [-0.3, -0.25) is 4.99 Å². The summed E-state index contributed by atoms with van der Waals surface area (Å²) in [4.78, 5) is 4.51. The van der Waals surface area contributed by atoms with E-state index in [4.69, 9.17) is 9.47 Å². The van der Waals surface area contributed by atoms with E-state index in [2.05, 4.69) is 21.7 Å². The van der Waals surface area contributed by atoms with E-state index in [1.54, 1.807) is 7.11 Å². The van der Waals surface area contributed by atoms with Crippen molar-refractivity contribution in [1.82, 2.24) is 10.6 Å². The van der Waals surface area contributed by atoms with E-state index in [0.717, 1.165) is 36.6 Å². The van der Waals surface area contributed by atoms with Gasteiger partial charge in [-0.1, -0.05) is 24.3 Å². The van der Waals surface area contributed by atoms with Crippen LogP contribution in [0.1, 0.15) is 38.0 Å². The zero-order valence-electron chi connectivity index (χ0n) is 18.2. The summed E-state index contributed by atoms with van der Waals surface area (Å²) in [5.41, 5.74) is 2.01. The van der Waals surface area contributed by atoms with Crippen molar-refractivity contribution in [2.75, 3.05) is 26.7 Å². The Morgan fingerprint density at radius 1 is 1.07 bits per heavy atom. The Bertz CT molecular complexity index is 767. The average Bonchev–Trinajstić information content (AvgIpc) is 2.72. The van der Waals surface area contributed by atoms with Crippen LogP contribution in [0.4, 0.5) is 0 Å². The molecule has 2 aromatic rings. The number of hydrogen-bond donors (Lipinski definition) is 3. The number of aliphatic hydroxyl groups excluding tert-OH is 1. The minimum Gasteiger partial charge on any atom is -0.497 e. The molecule has 6 nitrogen and oxygen atoms in total. The topological polar surface area (TPSA) is 75.1 Å². The second-order valence-corrected chi connectivity index (χ2v) is 7.00. The number of ether oxygens (including phenoxy) is 2. The second kappa shape index (κ2) is 14.1. The van der Waals surface area contributed by atoms with Gasteiger partial charge in [-0.2, -0.15) is 0 Å². The Hall–Kier alpha value is -2.00. The normalized spacial score (nSPS) is 12.1. The first-order valence-electron chi connectivity index (χ1n) is 10.1. The van der Waals surface area contributed by atoms with Crippen LogP contribution in [0.5, 0.6) is 11.5 Å². The third-order valence-electron chi connectivity index (χ3n) is 4.24. The van der Waals surface area contributed by atoms with Crippen molar-refractivity contribution in [2.45, 2.75) is 39.4 Å². The molecule has 0 radical (unpaired) electrons. The summed E-state index contributed by atoms with van der Waals surface area (Å²) in [6.07, 6.45) is 0.305. The molecule has 2 rings (SSSR count). The minimum atomic E-state index is -0.669. The van der Waals surface area contributed by atoms with Gasteiger partial charge in [0.1, 0.15) is 11.5 Å². The van der Waals surface area contributed by atoms with E-state index in [1.165, 1.54) is 5.56 Å². The molecule has 1 atom stereocenters. The molecular formula is C23H34IN3O3. The van der Waals surface area contributed by atoms with Crippen molar-refractivity contribution in [3.8, 4) is 11.5 Å². The van der Waals surface area contributed by atoms with Gasteiger partial charge in [0.15, 0.2) is 5.96 Å². The lowest BCUT2D eigenvalue weighted by Crippen LogP contribution is -2.38. The molecular weight excluding hydrogens is 493 g/mol. The molecule has 3 N–H and O–H groups in total. The Kier molecular flexibility index (Phi) is 12.2. The van der Waals surface area contributed by atoms with Gasteiger partial charge in [-0.05, 0) is 62.6 Å². The van der Waals surface area contributed by atoms with Gasteiger partial charge >= 0.3 is 0 Å².